The molecule has 0 saturated carbocycles. The van der Waals surface area contributed by atoms with Gasteiger partial charge in [-0.3, -0.25) is 4.98 Å². The summed E-state index contributed by atoms with van der Waals surface area (Å²) in [6, 6.07) is 10.6. The molecule has 0 aliphatic carbocycles. The van der Waals surface area contributed by atoms with E-state index < -0.39 is 5.97 Å². The third-order valence-corrected chi connectivity index (χ3v) is 2.93. The van der Waals surface area contributed by atoms with Crippen molar-refractivity contribution in [2.24, 2.45) is 0 Å². The molecule has 0 fully saturated rings. The number of carboxylic acid groups (broad SMARTS) is 1. The van der Waals surface area contributed by atoms with Crippen LogP contribution >= 0.6 is 11.6 Å². The molecule has 1 aromatic carbocycles. The van der Waals surface area contributed by atoms with Crippen LogP contribution in [0.25, 0.3) is 11.3 Å². The van der Waals surface area contributed by atoms with E-state index in [2.05, 4.69) is 4.98 Å². The highest BCUT2D eigenvalue weighted by Gasteiger charge is 2.11. The molecule has 0 radical (unpaired) electrons. The van der Waals surface area contributed by atoms with Gasteiger partial charge in [-0.15, -0.1) is 0 Å². The number of hydrogen-bond donors (Lipinski definition) is 1. The van der Waals surface area contributed by atoms with E-state index in [1.807, 2.05) is 19.1 Å². The third kappa shape index (κ3) is 2.51. The Balaban J connectivity index is 2.47. The van der Waals surface area contributed by atoms with Gasteiger partial charge in [-0.1, -0.05) is 30.7 Å². The zero-order valence-corrected chi connectivity index (χ0v) is 10.6. The van der Waals surface area contributed by atoms with Crippen LogP contribution in [0.2, 0.25) is 5.02 Å². The molecule has 92 valence electrons. The maximum absolute atomic E-state index is 11.0. The molecule has 0 saturated heterocycles. The van der Waals surface area contributed by atoms with E-state index in [9.17, 15) is 4.79 Å². The molecule has 0 amide bonds. The largest absolute Gasteiger partial charge is 0.478 e. The second kappa shape index (κ2) is 5.19. The van der Waals surface area contributed by atoms with Gasteiger partial charge in [0, 0.05) is 10.6 Å². The van der Waals surface area contributed by atoms with Crippen molar-refractivity contribution in [3.05, 3.63) is 52.7 Å². The topological polar surface area (TPSA) is 50.2 Å². The van der Waals surface area contributed by atoms with Crippen molar-refractivity contribution in [3.63, 3.8) is 0 Å². The summed E-state index contributed by atoms with van der Waals surface area (Å²) < 4.78 is 0. The van der Waals surface area contributed by atoms with Gasteiger partial charge < -0.3 is 5.11 Å². The maximum Gasteiger partial charge on any atom is 0.337 e. The molecular weight excluding hydrogens is 250 g/mol. The molecule has 1 aromatic heterocycles. The molecule has 3 nitrogen and oxygen atoms in total. The van der Waals surface area contributed by atoms with E-state index in [4.69, 9.17) is 16.7 Å². The normalized spacial score (nSPS) is 10.3. The predicted octanol–water partition coefficient (Wildman–Crippen LogP) is 3.66. The van der Waals surface area contributed by atoms with Crippen LogP contribution in [0.15, 0.2) is 36.4 Å². The molecule has 1 heterocycles. The summed E-state index contributed by atoms with van der Waals surface area (Å²) in [6.45, 7) is 1.89. The summed E-state index contributed by atoms with van der Waals surface area (Å²) in [5.74, 6) is -0.943. The summed E-state index contributed by atoms with van der Waals surface area (Å²) in [7, 11) is 0. The quantitative estimate of drug-likeness (QED) is 0.917. The number of aryl methyl sites for hydroxylation is 1. The lowest BCUT2D eigenvalue weighted by atomic mass is 10.1. The summed E-state index contributed by atoms with van der Waals surface area (Å²) in [4.78, 5) is 15.4. The SMILES string of the molecule is CCc1nc(-c2ccc(Cl)cc2)ccc1C(=O)O. The smallest absolute Gasteiger partial charge is 0.337 e. The number of carbonyl (C=O) groups is 1. The zero-order valence-electron chi connectivity index (χ0n) is 9.85. The lowest BCUT2D eigenvalue weighted by Gasteiger charge is -2.06. The Kier molecular flexibility index (Phi) is 3.63. The van der Waals surface area contributed by atoms with Gasteiger partial charge in [-0.25, -0.2) is 4.79 Å². The number of pyridine rings is 1. The second-order valence-electron chi connectivity index (χ2n) is 3.86. The number of carboxylic acids is 1. The Hall–Kier alpha value is -1.87. The van der Waals surface area contributed by atoms with Crippen LogP contribution in [-0.2, 0) is 6.42 Å². The Labute approximate surface area is 110 Å². The fourth-order valence-corrected chi connectivity index (χ4v) is 1.87. The first kappa shape index (κ1) is 12.6. The predicted molar refractivity (Wildman–Crippen MR) is 71.0 cm³/mol. The van der Waals surface area contributed by atoms with E-state index in [1.54, 1.807) is 24.3 Å². The molecule has 0 unspecified atom stereocenters. The first-order valence-electron chi connectivity index (χ1n) is 5.61. The average Bonchev–Trinajstić information content (AvgIpc) is 2.38. The summed E-state index contributed by atoms with van der Waals surface area (Å²) in [6.07, 6.45) is 0.586. The fraction of sp³-hybridized carbons (Fsp3) is 0.143. The monoisotopic (exact) mass is 261 g/mol. The minimum atomic E-state index is -0.943. The Morgan fingerprint density at radius 1 is 1.22 bits per heavy atom. The van der Waals surface area contributed by atoms with Gasteiger partial charge in [-0.05, 0) is 30.7 Å². The van der Waals surface area contributed by atoms with Crippen LogP contribution in [0.5, 0.6) is 0 Å². The van der Waals surface area contributed by atoms with E-state index in [0.717, 1.165) is 11.3 Å². The third-order valence-electron chi connectivity index (χ3n) is 2.68. The van der Waals surface area contributed by atoms with Crippen molar-refractivity contribution in [2.45, 2.75) is 13.3 Å². The van der Waals surface area contributed by atoms with Gasteiger partial charge in [0.25, 0.3) is 0 Å². The van der Waals surface area contributed by atoms with Crippen LogP contribution in [0, 0.1) is 0 Å². The highest BCUT2D eigenvalue weighted by Crippen LogP contribution is 2.21. The molecule has 1 N–H and O–H groups in total. The van der Waals surface area contributed by atoms with E-state index in [0.29, 0.717) is 17.1 Å². The first-order valence-corrected chi connectivity index (χ1v) is 5.98. The molecule has 0 bridgehead atoms. The van der Waals surface area contributed by atoms with Crippen molar-refractivity contribution in [1.29, 1.82) is 0 Å². The Bertz CT molecular complexity index is 579. The number of rotatable bonds is 3. The molecule has 0 atom stereocenters. The number of nitrogens with zero attached hydrogens (tertiary/aromatic N) is 1. The van der Waals surface area contributed by atoms with Crippen molar-refractivity contribution in [2.75, 3.05) is 0 Å². The van der Waals surface area contributed by atoms with Crippen molar-refractivity contribution in [3.8, 4) is 11.3 Å². The van der Waals surface area contributed by atoms with Crippen LogP contribution < -0.4 is 0 Å². The standard InChI is InChI=1S/C14H12ClNO2/c1-2-12-11(14(17)18)7-8-13(16-12)9-3-5-10(15)6-4-9/h3-8H,2H2,1H3,(H,17,18). The summed E-state index contributed by atoms with van der Waals surface area (Å²) >= 11 is 5.83. The van der Waals surface area contributed by atoms with Gasteiger partial charge in [0.2, 0.25) is 0 Å². The Morgan fingerprint density at radius 3 is 2.44 bits per heavy atom. The molecule has 0 spiro atoms. The molecule has 2 rings (SSSR count). The van der Waals surface area contributed by atoms with Crippen molar-refractivity contribution >= 4 is 17.6 Å². The molecule has 2 aromatic rings. The number of benzene rings is 1. The number of halogens is 1. The number of hydrogen-bond acceptors (Lipinski definition) is 2. The fourth-order valence-electron chi connectivity index (χ4n) is 1.75. The van der Waals surface area contributed by atoms with E-state index in [-0.39, 0.29) is 5.56 Å². The summed E-state index contributed by atoms with van der Waals surface area (Å²) in [5, 5.41) is 9.70. The lowest BCUT2D eigenvalue weighted by Crippen LogP contribution is -2.04. The summed E-state index contributed by atoms with van der Waals surface area (Å²) in [5.41, 5.74) is 2.53. The number of aromatic nitrogens is 1. The van der Waals surface area contributed by atoms with Gasteiger partial charge in [0.15, 0.2) is 0 Å². The van der Waals surface area contributed by atoms with Crippen LogP contribution in [0.1, 0.15) is 23.0 Å². The lowest BCUT2D eigenvalue weighted by molar-refractivity contribution is 0.0695. The first-order chi connectivity index (χ1) is 8.61. The van der Waals surface area contributed by atoms with Crippen LogP contribution in [-0.4, -0.2) is 16.1 Å². The van der Waals surface area contributed by atoms with Crippen LogP contribution in [0.3, 0.4) is 0 Å². The van der Waals surface area contributed by atoms with Crippen LogP contribution in [0.4, 0.5) is 0 Å². The maximum atomic E-state index is 11.0. The average molecular weight is 262 g/mol. The molecule has 4 heteroatoms. The highest BCUT2D eigenvalue weighted by atomic mass is 35.5. The molecule has 18 heavy (non-hydrogen) atoms. The van der Waals surface area contributed by atoms with Gasteiger partial charge in [-0.2, -0.15) is 0 Å². The van der Waals surface area contributed by atoms with E-state index in [1.165, 1.54) is 0 Å². The van der Waals surface area contributed by atoms with Gasteiger partial charge in [0.05, 0.1) is 17.0 Å². The Morgan fingerprint density at radius 2 is 1.89 bits per heavy atom. The second-order valence-corrected chi connectivity index (χ2v) is 4.29. The van der Waals surface area contributed by atoms with Crippen molar-refractivity contribution < 1.29 is 9.90 Å². The van der Waals surface area contributed by atoms with E-state index >= 15 is 0 Å². The molecular formula is C14H12ClNO2. The van der Waals surface area contributed by atoms with Gasteiger partial charge in [0.1, 0.15) is 0 Å². The molecule has 0 aliphatic heterocycles. The minimum Gasteiger partial charge on any atom is -0.478 e. The zero-order chi connectivity index (χ0) is 13.1. The van der Waals surface area contributed by atoms with Gasteiger partial charge >= 0.3 is 5.97 Å². The number of aromatic carboxylic acids is 1. The molecule has 0 aliphatic rings. The minimum absolute atomic E-state index is 0.259. The highest BCUT2D eigenvalue weighted by molar-refractivity contribution is 6.30. The van der Waals surface area contributed by atoms with Crippen molar-refractivity contribution in [1.82, 2.24) is 4.98 Å².